The molecule has 5 heteroatoms. The van der Waals surface area contributed by atoms with Crippen molar-refractivity contribution in [1.82, 2.24) is 4.90 Å². The summed E-state index contributed by atoms with van der Waals surface area (Å²) in [5.74, 6) is -0.943. The topological polar surface area (TPSA) is 60.8 Å². The third-order valence-electron chi connectivity index (χ3n) is 3.40. The number of nitrogens with zero attached hydrogens (tertiary/aromatic N) is 1. The molecule has 1 unspecified atom stereocenters. The number of rotatable bonds is 4. The molecule has 0 saturated carbocycles. The molecule has 1 aliphatic rings. The van der Waals surface area contributed by atoms with Crippen molar-refractivity contribution in [1.29, 1.82) is 0 Å². The average Bonchev–Trinajstić information content (AvgIpc) is 2.72. The number of β-amino-alcohol motifs (C(OH)–C–C–N with tert-alkyl or cyclic N) is 1. The van der Waals surface area contributed by atoms with E-state index in [0.717, 1.165) is 18.7 Å². The Balaban J connectivity index is 2.08. The molecule has 0 aromatic carbocycles. The van der Waals surface area contributed by atoms with E-state index < -0.39 is 12.1 Å². The van der Waals surface area contributed by atoms with Gasteiger partial charge in [0.25, 0.3) is 0 Å². The first-order chi connectivity index (χ1) is 8.59. The third-order valence-corrected chi connectivity index (χ3v) is 4.60. The summed E-state index contributed by atoms with van der Waals surface area (Å²) in [6.45, 7) is 4.32. The highest BCUT2D eigenvalue weighted by Crippen LogP contribution is 2.29. The van der Waals surface area contributed by atoms with Gasteiger partial charge >= 0.3 is 5.97 Å². The molecule has 0 radical (unpaired) electrons. The summed E-state index contributed by atoms with van der Waals surface area (Å²) in [6.07, 6.45) is 2.91. The minimum Gasteiger partial charge on any atom is -0.478 e. The number of likely N-dealkylation sites (tertiary alicyclic amines) is 1. The van der Waals surface area contributed by atoms with Crippen LogP contribution in [0.1, 0.15) is 46.2 Å². The fraction of sp³-hybridized carbons (Fsp3) is 0.615. The van der Waals surface area contributed by atoms with E-state index in [1.165, 1.54) is 30.6 Å². The minimum absolute atomic E-state index is 0.282. The van der Waals surface area contributed by atoms with E-state index in [2.05, 4.69) is 4.90 Å². The van der Waals surface area contributed by atoms with Crippen LogP contribution in [0, 0.1) is 6.92 Å². The number of hydrogen-bond acceptors (Lipinski definition) is 4. The molecule has 2 N–H and O–H groups in total. The first-order valence-electron chi connectivity index (χ1n) is 6.31. The summed E-state index contributed by atoms with van der Waals surface area (Å²) in [7, 11) is 0. The van der Waals surface area contributed by atoms with Gasteiger partial charge < -0.3 is 15.1 Å². The van der Waals surface area contributed by atoms with E-state index in [0.29, 0.717) is 11.4 Å². The summed E-state index contributed by atoms with van der Waals surface area (Å²) < 4.78 is 0. The Morgan fingerprint density at radius 1 is 1.44 bits per heavy atom. The monoisotopic (exact) mass is 269 g/mol. The van der Waals surface area contributed by atoms with Gasteiger partial charge in [-0.1, -0.05) is 6.42 Å². The maximum Gasteiger partial charge on any atom is 0.337 e. The zero-order chi connectivity index (χ0) is 13.1. The lowest BCUT2D eigenvalue weighted by Gasteiger charge is -2.28. The van der Waals surface area contributed by atoms with Crippen LogP contribution in [0.25, 0.3) is 0 Å². The number of aromatic carboxylic acids is 1. The van der Waals surface area contributed by atoms with Gasteiger partial charge in [0.05, 0.1) is 5.56 Å². The summed E-state index contributed by atoms with van der Waals surface area (Å²) in [5, 5.41) is 21.2. The summed E-state index contributed by atoms with van der Waals surface area (Å²) >= 11 is 1.34. The van der Waals surface area contributed by atoms with Crippen molar-refractivity contribution in [3.63, 3.8) is 0 Å². The highest BCUT2D eigenvalue weighted by Gasteiger charge is 2.23. The first kappa shape index (κ1) is 13.5. The van der Waals surface area contributed by atoms with Crippen LogP contribution in [0.5, 0.6) is 0 Å². The van der Waals surface area contributed by atoms with E-state index in [9.17, 15) is 15.0 Å². The van der Waals surface area contributed by atoms with Gasteiger partial charge in [-0.15, -0.1) is 11.3 Å². The van der Waals surface area contributed by atoms with Gasteiger partial charge in [0, 0.05) is 11.4 Å². The smallest absolute Gasteiger partial charge is 0.337 e. The van der Waals surface area contributed by atoms with Gasteiger partial charge in [0.1, 0.15) is 6.10 Å². The van der Waals surface area contributed by atoms with Crippen LogP contribution in [-0.4, -0.2) is 40.7 Å². The number of carboxylic acids is 1. The number of hydrogen-bond donors (Lipinski definition) is 2. The van der Waals surface area contributed by atoms with Gasteiger partial charge in [0.2, 0.25) is 0 Å². The van der Waals surface area contributed by atoms with Crippen LogP contribution in [0.15, 0.2) is 5.38 Å². The second kappa shape index (κ2) is 5.82. The molecule has 0 amide bonds. The Labute approximate surface area is 111 Å². The molecular weight excluding hydrogens is 250 g/mol. The number of aliphatic hydroxyl groups is 1. The number of piperidine rings is 1. The molecule has 1 aromatic rings. The number of carboxylic acid groups (broad SMARTS) is 1. The standard InChI is InChI=1S/C13H19NO3S/c1-9-8-18-12(11(9)13(16)17)10(15)7-14-5-3-2-4-6-14/h8,10,15H,2-7H2,1H3,(H,16,17). The highest BCUT2D eigenvalue weighted by molar-refractivity contribution is 7.10. The number of aryl methyl sites for hydroxylation is 1. The van der Waals surface area contributed by atoms with Crippen LogP contribution in [0.4, 0.5) is 0 Å². The van der Waals surface area contributed by atoms with Crippen molar-refractivity contribution < 1.29 is 15.0 Å². The fourth-order valence-electron chi connectivity index (χ4n) is 2.45. The van der Waals surface area contributed by atoms with Crippen LogP contribution in [0.3, 0.4) is 0 Å². The highest BCUT2D eigenvalue weighted by atomic mass is 32.1. The Bertz CT molecular complexity index is 424. The van der Waals surface area contributed by atoms with E-state index in [-0.39, 0.29) is 5.56 Å². The molecule has 18 heavy (non-hydrogen) atoms. The van der Waals surface area contributed by atoms with E-state index in [1.807, 2.05) is 0 Å². The lowest BCUT2D eigenvalue weighted by atomic mass is 10.1. The van der Waals surface area contributed by atoms with E-state index in [4.69, 9.17) is 0 Å². The van der Waals surface area contributed by atoms with E-state index >= 15 is 0 Å². The third kappa shape index (κ3) is 2.91. The molecule has 0 aliphatic carbocycles. The van der Waals surface area contributed by atoms with Crippen LogP contribution < -0.4 is 0 Å². The van der Waals surface area contributed by atoms with Crippen LogP contribution >= 0.6 is 11.3 Å². The normalized spacial score (nSPS) is 18.8. The molecule has 1 atom stereocenters. The molecule has 100 valence electrons. The van der Waals surface area contributed by atoms with Gasteiger partial charge in [0.15, 0.2) is 0 Å². The Hall–Kier alpha value is -0.910. The summed E-state index contributed by atoms with van der Waals surface area (Å²) in [6, 6.07) is 0. The molecular formula is C13H19NO3S. The zero-order valence-electron chi connectivity index (χ0n) is 10.6. The van der Waals surface area contributed by atoms with Gasteiger partial charge in [-0.3, -0.25) is 0 Å². The largest absolute Gasteiger partial charge is 0.478 e. The van der Waals surface area contributed by atoms with Crippen molar-refractivity contribution in [3.8, 4) is 0 Å². The fourth-order valence-corrected chi connectivity index (χ4v) is 3.47. The van der Waals surface area contributed by atoms with Crippen molar-refractivity contribution in [2.75, 3.05) is 19.6 Å². The van der Waals surface area contributed by atoms with Crippen molar-refractivity contribution in [2.24, 2.45) is 0 Å². The quantitative estimate of drug-likeness (QED) is 0.880. The van der Waals surface area contributed by atoms with Crippen molar-refractivity contribution in [2.45, 2.75) is 32.3 Å². The molecule has 1 aromatic heterocycles. The second-order valence-corrected chi connectivity index (χ2v) is 5.75. The molecule has 1 fully saturated rings. The Morgan fingerprint density at radius 3 is 2.72 bits per heavy atom. The lowest BCUT2D eigenvalue weighted by molar-refractivity contribution is 0.0680. The Kier molecular flexibility index (Phi) is 4.37. The summed E-state index contributed by atoms with van der Waals surface area (Å²) in [5.41, 5.74) is 1.02. The van der Waals surface area contributed by atoms with Crippen molar-refractivity contribution >= 4 is 17.3 Å². The summed E-state index contributed by atoms with van der Waals surface area (Å²) in [4.78, 5) is 14.0. The predicted molar refractivity (Wildman–Crippen MR) is 71.3 cm³/mol. The molecule has 1 saturated heterocycles. The molecule has 2 heterocycles. The minimum atomic E-state index is -0.943. The van der Waals surface area contributed by atoms with E-state index in [1.54, 1.807) is 12.3 Å². The predicted octanol–water partition coefficient (Wildman–Crippen LogP) is 2.27. The molecule has 0 spiro atoms. The molecule has 0 bridgehead atoms. The number of carbonyl (C=O) groups is 1. The van der Waals surface area contributed by atoms with Crippen molar-refractivity contribution in [3.05, 3.63) is 21.4 Å². The molecule has 1 aliphatic heterocycles. The van der Waals surface area contributed by atoms with Gasteiger partial charge in [-0.2, -0.15) is 0 Å². The molecule has 4 nitrogen and oxygen atoms in total. The lowest BCUT2D eigenvalue weighted by Crippen LogP contribution is -2.33. The second-order valence-electron chi connectivity index (χ2n) is 4.84. The maximum absolute atomic E-state index is 11.2. The van der Waals surface area contributed by atoms with Gasteiger partial charge in [-0.25, -0.2) is 4.79 Å². The van der Waals surface area contributed by atoms with Gasteiger partial charge in [-0.05, 0) is 43.8 Å². The van der Waals surface area contributed by atoms with Crippen LogP contribution in [0.2, 0.25) is 0 Å². The Morgan fingerprint density at radius 2 is 2.11 bits per heavy atom. The van der Waals surface area contributed by atoms with Crippen LogP contribution in [-0.2, 0) is 0 Å². The zero-order valence-corrected chi connectivity index (χ0v) is 11.4. The molecule has 2 rings (SSSR count). The first-order valence-corrected chi connectivity index (χ1v) is 7.19. The average molecular weight is 269 g/mol. The SMILES string of the molecule is Cc1csc(C(O)CN2CCCCC2)c1C(=O)O. The maximum atomic E-state index is 11.2. The number of thiophene rings is 1. The number of aliphatic hydroxyl groups excluding tert-OH is 1.